The number of hydrogen-bond acceptors (Lipinski definition) is 8. The molecule has 0 radical (unpaired) electrons. The Bertz CT molecular complexity index is 910. The number of thioether (sulfide) groups is 1. The number of ether oxygens (including phenoxy) is 1. The summed E-state index contributed by atoms with van der Waals surface area (Å²) < 4.78 is 5.55. The van der Waals surface area contributed by atoms with Crippen molar-refractivity contribution >= 4 is 35.3 Å². The zero-order valence-electron chi connectivity index (χ0n) is 19.9. The number of Topliss-reactive ketones (excluding diaryl/α,β-unsaturated/α-hetero) is 1. The maximum Gasteiger partial charge on any atom is 0.353 e. The quantitative estimate of drug-likeness (QED) is 0.398. The van der Waals surface area contributed by atoms with E-state index in [4.69, 9.17) is 10.5 Å². The highest BCUT2D eigenvalue weighted by atomic mass is 32.2. The van der Waals surface area contributed by atoms with Gasteiger partial charge in [-0.3, -0.25) is 9.59 Å². The van der Waals surface area contributed by atoms with Crippen LogP contribution < -0.4 is 11.1 Å². The van der Waals surface area contributed by atoms with Gasteiger partial charge in [-0.05, 0) is 19.3 Å². The van der Waals surface area contributed by atoms with Crippen molar-refractivity contribution in [2.45, 2.75) is 57.1 Å². The van der Waals surface area contributed by atoms with Gasteiger partial charge in [0.15, 0.2) is 0 Å². The number of nitrogens with one attached hydrogen (secondary N) is 1. The topological polar surface area (TPSA) is 142 Å². The predicted octanol–water partition coefficient (Wildman–Crippen LogP) is 0.0243. The highest BCUT2D eigenvalue weighted by Gasteiger charge is 2.60. The Labute approximate surface area is 203 Å². The number of aliphatic carboxylic acids is 1. The highest BCUT2D eigenvalue weighted by Crippen LogP contribution is 2.53. The maximum atomic E-state index is 13.0. The third kappa shape index (κ3) is 4.50. The fourth-order valence-electron chi connectivity index (χ4n) is 5.79. The lowest BCUT2D eigenvalue weighted by molar-refractivity contribution is -0.160. The van der Waals surface area contributed by atoms with Crippen molar-refractivity contribution in [2.24, 2.45) is 23.5 Å². The van der Waals surface area contributed by atoms with Crippen LogP contribution in [0.5, 0.6) is 0 Å². The van der Waals surface area contributed by atoms with Crippen LogP contribution in [0.25, 0.3) is 0 Å². The van der Waals surface area contributed by atoms with E-state index in [1.807, 2.05) is 13.8 Å². The van der Waals surface area contributed by atoms with Crippen molar-refractivity contribution in [2.75, 3.05) is 32.8 Å². The van der Waals surface area contributed by atoms with Crippen molar-refractivity contribution in [3.63, 3.8) is 0 Å². The first-order valence-corrected chi connectivity index (χ1v) is 12.8. The fourth-order valence-corrected chi connectivity index (χ4v) is 7.27. The molecule has 0 saturated carbocycles. The number of carboxylic acid groups (broad SMARTS) is 1. The van der Waals surface area contributed by atoms with E-state index >= 15 is 0 Å². The number of morpholine rings is 1. The van der Waals surface area contributed by atoms with E-state index in [-0.39, 0.29) is 64.5 Å². The molecule has 34 heavy (non-hydrogen) atoms. The molecule has 0 aromatic rings. The number of carboxylic acids is 1. The van der Waals surface area contributed by atoms with E-state index in [1.54, 1.807) is 4.90 Å². The lowest BCUT2D eigenvalue weighted by Gasteiger charge is -2.47. The molecule has 4 rings (SSSR count). The summed E-state index contributed by atoms with van der Waals surface area (Å²) in [5.74, 6) is -1.88. The van der Waals surface area contributed by atoms with Gasteiger partial charge in [-0.2, -0.15) is 0 Å². The first kappa shape index (κ1) is 25.2. The molecule has 4 heterocycles. The van der Waals surface area contributed by atoms with Gasteiger partial charge < -0.3 is 35.5 Å². The Kier molecular flexibility index (Phi) is 7.37. The summed E-state index contributed by atoms with van der Waals surface area (Å²) in [5, 5.41) is 13.2. The number of rotatable bonds is 8. The normalized spacial score (nSPS) is 34.2. The highest BCUT2D eigenvalue weighted by molar-refractivity contribution is 8.03. The Hall–Kier alpha value is -1.95. The van der Waals surface area contributed by atoms with Gasteiger partial charge in [0, 0.05) is 48.7 Å². The molecular weight excluding hydrogens is 460 g/mol. The second kappa shape index (κ2) is 9.96. The molecular formula is C23H34N4O6S. The number of nitrogens with two attached hydrogens (primary N) is 1. The summed E-state index contributed by atoms with van der Waals surface area (Å²) in [6, 6.07) is -0.564. The average molecular weight is 495 g/mol. The Balaban J connectivity index is 1.43. The standard InChI is InChI=1S/C23H34N4O6S/c1-11(6-12(2)28)17-18-13(3)20(19(23(31)32)27(18)22(17)30)34-15-7-16(25-9-15)21(29)26-4-5-33-14(8-24)10-26/h11,13-18,25H,4-10,24H2,1-3H3,(H,31,32)/t11-,13+,14+,15?,16-,17+,18-/m0/s1. The molecule has 0 aromatic carbocycles. The number of ketones is 1. The zero-order valence-corrected chi connectivity index (χ0v) is 20.7. The van der Waals surface area contributed by atoms with Crippen molar-refractivity contribution in [1.82, 2.24) is 15.1 Å². The second-order valence-corrected chi connectivity index (χ2v) is 11.2. The van der Waals surface area contributed by atoms with Gasteiger partial charge in [-0.15, -0.1) is 11.8 Å². The van der Waals surface area contributed by atoms with E-state index in [9.17, 15) is 24.3 Å². The molecule has 7 atom stereocenters. The molecule has 4 aliphatic rings. The van der Waals surface area contributed by atoms with Crippen molar-refractivity contribution in [3.8, 4) is 0 Å². The Morgan fingerprint density at radius 3 is 2.74 bits per heavy atom. The number of nitrogens with zero attached hydrogens (tertiary/aromatic N) is 2. The molecule has 0 aromatic heterocycles. The monoisotopic (exact) mass is 494 g/mol. The van der Waals surface area contributed by atoms with Crippen LogP contribution in [0.1, 0.15) is 33.6 Å². The van der Waals surface area contributed by atoms with Crippen LogP contribution in [-0.2, 0) is 23.9 Å². The van der Waals surface area contributed by atoms with Gasteiger partial charge in [0.2, 0.25) is 11.8 Å². The van der Waals surface area contributed by atoms with Gasteiger partial charge in [-0.1, -0.05) is 13.8 Å². The van der Waals surface area contributed by atoms with Gasteiger partial charge in [-0.25, -0.2) is 4.79 Å². The zero-order chi connectivity index (χ0) is 24.7. The van der Waals surface area contributed by atoms with Crippen LogP contribution in [-0.4, -0.2) is 94.7 Å². The molecule has 0 spiro atoms. The van der Waals surface area contributed by atoms with Crippen molar-refractivity contribution in [3.05, 3.63) is 10.6 Å². The van der Waals surface area contributed by atoms with Crippen molar-refractivity contribution < 1.29 is 29.0 Å². The molecule has 3 saturated heterocycles. The molecule has 11 heteroatoms. The largest absolute Gasteiger partial charge is 0.477 e. The van der Waals surface area contributed by atoms with E-state index < -0.39 is 5.97 Å². The minimum absolute atomic E-state index is 0.0221. The minimum atomic E-state index is -1.11. The van der Waals surface area contributed by atoms with Gasteiger partial charge in [0.1, 0.15) is 11.5 Å². The fraction of sp³-hybridized carbons (Fsp3) is 0.739. The van der Waals surface area contributed by atoms with Crippen LogP contribution in [0.2, 0.25) is 0 Å². The summed E-state index contributed by atoms with van der Waals surface area (Å²) in [7, 11) is 0. The van der Waals surface area contributed by atoms with Crippen LogP contribution >= 0.6 is 11.8 Å². The SMILES string of the molecule is CC(=O)C[C@H](C)[C@H]1C(=O)N2C(C(=O)O)=C(SC3CN[C@H](C(=O)N4CCO[C@H](CN)C4)C3)[C@H](C)[C@@H]12. The average Bonchev–Trinajstić information content (AvgIpc) is 3.35. The molecule has 4 N–H and O–H groups in total. The number of fused-ring (bicyclic) bond motifs is 1. The molecule has 2 amide bonds. The summed E-state index contributed by atoms with van der Waals surface area (Å²) in [5.41, 5.74) is 5.76. The van der Waals surface area contributed by atoms with E-state index in [2.05, 4.69) is 5.32 Å². The third-order valence-corrected chi connectivity index (χ3v) is 8.92. The number of carbonyl (C=O) groups excluding carboxylic acids is 3. The van der Waals surface area contributed by atoms with Gasteiger partial charge in [0.05, 0.1) is 30.7 Å². The lowest BCUT2D eigenvalue weighted by Crippen LogP contribution is -2.62. The van der Waals surface area contributed by atoms with Crippen molar-refractivity contribution in [1.29, 1.82) is 0 Å². The number of carbonyl (C=O) groups is 4. The maximum absolute atomic E-state index is 13.0. The van der Waals surface area contributed by atoms with E-state index in [0.29, 0.717) is 50.5 Å². The first-order chi connectivity index (χ1) is 16.1. The van der Waals surface area contributed by atoms with E-state index in [1.165, 1.54) is 23.6 Å². The van der Waals surface area contributed by atoms with Crippen LogP contribution in [0.15, 0.2) is 10.6 Å². The summed E-state index contributed by atoms with van der Waals surface area (Å²) in [6.45, 7) is 7.79. The van der Waals surface area contributed by atoms with Crippen LogP contribution in [0, 0.1) is 17.8 Å². The van der Waals surface area contributed by atoms with Gasteiger partial charge in [0.25, 0.3) is 0 Å². The van der Waals surface area contributed by atoms with Crippen LogP contribution in [0.4, 0.5) is 0 Å². The summed E-state index contributed by atoms with van der Waals surface area (Å²) in [6.07, 6.45) is 0.744. The molecule has 0 aliphatic carbocycles. The lowest BCUT2D eigenvalue weighted by atomic mass is 9.73. The summed E-state index contributed by atoms with van der Waals surface area (Å²) in [4.78, 5) is 53.6. The van der Waals surface area contributed by atoms with Crippen LogP contribution in [0.3, 0.4) is 0 Å². The van der Waals surface area contributed by atoms with Gasteiger partial charge >= 0.3 is 5.97 Å². The first-order valence-electron chi connectivity index (χ1n) is 11.9. The Morgan fingerprint density at radius 2 is 2.09 bits per heavy atom. The summed E-state index contributed by atoms with van der Waals surface area (Å²) >= 11 is 1.47. The predicted molar refractivity (Wildman–Crippen MR) is 126 cm³/mol. The number of amides is 2. The molecule has 1 unspecified atom stereocenters. The minimum Gasteiger partial charge on any atom is -0.477 e. The molecule has 10 nitrogen and oxygen atoms in total. The third-order valence-electron chi connectivity index (χ3n) is 7.41. The molecule has 0 bridgehead atoms. The number of β-lactam (4-membered cyclic amide) rings is 1. The molecule has 4 aliphatic heterocycles. The Morgan fingerprint density at radius 1 is 1.35 bits per heavy atom. The number of hydrogen-bond donors (Lipinski definition) is 3. The molecule has 188 valence electrons. The molecule has 3 fully saturated rings. The smallest absolute Gasteiger partial charge is 0.353 e. The van der Waals surface area contributed by atoms with E-state index in [0.717, 1.165) is 0 Å². The second-order valence-electron chi connectivity index (χ2n) is 9.86.